The van der Waals surface area contributed by atoms with E-state index in [0.717, 1.165) is 9.37 Å². The van der Waals surface area contributed by atoms with Gasteiger partial charge in [-0.3, -0.25) is 9.48 Å². The van der Waals surface area contributed by atoms with Crippen LogP contribution in [0.3, 0.4) is 0 Å². The number of carbonyl (C=O) groups excluding carboxylic acids is 1. The zero-order valence-corrected chi connectivity index (χ0v) is 14.3. The van der Waals surface area contributed by atoms with Crippen LogP contribution < -0.4 is 0 Å². The Bertz CT molecular complexity index is 627. The first-order valence-electron chi connectivity index (χ1n) is 6.13. The van der Waals surface area contributed by atoms with Gasteiger partial charge in [-0.15, -0.1) is 11.8 Å². The van der Waals surface area contributed by atoms with Crippen LogP contribution in [0.5, 0.6) is 0 Å². The number of thioether (sulfide) groups is 1. The molecule has 0 bridgehead atoms. The summed E-state index contributed by atoms with van der Waals surface area (Å²) in [5.41, 5.74) is 0.620. The predicted molar refractivity (Wildman–Crippen MR) is 86.8 cm³/mol. The second-order valence-corrected chi connectivity index (χ2v) is 6.89. The molecule has 106 valence electrons. The third kappa shape index (κ3) is 3.65. The minimum Gasteiger partial charge on any atom is -0.291 e. The number of nitrogens with zero attached hydrogens (tertiary/aromatic N) is 2. The third-order valence-corrected chi connectivity index (χ3v) is 4.48. The number of ketones is 1. The van der Waals surface area contributed by atoms with E-state index in [1.807, 2.05) is 38.1 Å². The van der Waals surface area contributed by atoms with Gasteiger partial charge in [0.05, 0.1) is 16.4 Å². The Morgan fingerprint density at radius 1 is 1.50 bits per heavy atom. The van der Waals surface area contributed by atoms with Gasteiger partial charge in [-0.2, -0.15) is 5.10 Å². The minimum absolute atomic E-state index is 0.0491. The molecule has 0 radical (unpaired) electrons. The summed E-state index contributed by atoms with van der Waals surface area (Å²) in [6.07, 6.45) is 1.66. The lowest BCUT2D eigenvalue weighted by atomic mass is 10.3. The molecule has 6 heteroatoms. The normalized spacial score (nSPS) is 11.1. The maximum atomic E-state index is 12.4. The summed E-state index contributed by atoms with van der Waals surface area (Å²) in [6.45, 7) is 4.00. The zero-order chi connectivity index (χ0) is 14.7. The highest BCUT2D eigenvalue weighted by atomic mass is 79.9. The molecule has 0 unspecified atom stereocenters. The van der Waals surface area contributed by atoms with Gasteiger partial charge in [0.2, 0.25) is 0 Å². The van der Waals surface area contributed by atoms with Crippen LogP contribution in [0.15, 0.2) is 39.8 Å². The average Bonchev–Trinajstić information content (AvgIpc) is 2.78. The number of hydrogen-bond donors (Lipinski definition) is 0. The molecule has 2 aromatic rings. The highest BCUT2D eigenvalue weighted by molar-refractivity contribution is 9.10. The van der Waals surface area contributed by atoms with Crippen LogP contribution in [0.25, 0.3) is 0 Å². The van der Waals surface area contributed by atoms with Gasteiger partial charge in [0.1, 0.15) is 5.69 Å². The Kier molecular flexibility index (Phi) is 5.29. The molecule has 0 aliphatic carbocycles. The van der Waals surface area contributed by atoms with Crippen LogP contribution in [-0.4, -0.2) is 21.3 Å². The van der Waals surface area contributed by atoms with E-state index in [-0.39, 0.29) is 11.8 Å². The van der Waals surface area contributed by atoms with Gasteiger partial charge in [-0.25, -0.2) is 0 Å². The second kappa shape index (κ2) is 6.78. The van der Waals surface area contributed by atoms with Crippen LogP contribution in [0.1, 0.15) is 30.4 Å². The average molecular weight is 374 g/mol. The van der Waals surface area contributed by atoms with Crippen molar-refractivity contribution >= 4 is 45.1 Å². The minimum atomic E-state index is 0.0491. The molecule has 0 saturated carbocycles. The summed E-state index contributed by atoms with van der Waals surface area (Å²) in [4.78, 5) is 13.3. The first-order valence-corrected chi connectivity index (χ1v) is 8.29. The Morgan fingerprint density at radius 2 is 2.25 bits per heavy atom. The van der Waals surface area contributed by atoms with Crippen molar-refractivity contribution in [1.29, 1.82) is 0 Å². The fourth-order valence-corrected chi connectivity index (χ4v) is 3.34. The second-order valence-electron chi connectivity index (χ2n) is 4.55. The van der Waals surface area contributed by atoms with E-state index in [9.17, 15) is 4.79 Å². The van der Waals surface area contributed by atoms with E-state index in [2.05, 4.69) is 21.0 Å². The van der Waals surface area contributed by atoms with Crippen LogP contribution in [0.4, 0.5) is 0 Å². The van der Waals surface area contributed by atoms with Crippen molar-refractivity contribution in [3.8, 4) is 0 Å². The summed E-state index contributed by atoms with van der Waals surface area (Å²) in [6, 6.07) is 7.64. The standard InChI is InChI=1S/C14H14BrClN2OS/c1-9(2)18-14(12(15)7-17-18)13(19)8-20-11-5-3-4-10(16)6-11/h3-7,9H,8H2,1-2H3. The highest BCUT2D eigenvalue weighted by Crippen LogP contribution is 2.25. The number of carbonyl (C=O) groups is 1. The van der Waals surface area contributed by atoms with Gasteiger partial charge in [-0.1, -0.05) is 17.7 Å². The maximum absolute atomic E-state index is 12.4. The first-order chi connectivity index (χ1) is 9.49. The van der Waals surface area contributed by atoms with E-state index in [4.69, 9.17) is 11.6 Å². The molecule has 0 atom stereocenters. The van der Waals surface area contributed by atoms with E-state index in [0.29, 0.717) is 16.5 Å². The van der Waals surface area contributed by atoms with Gasteiger partial charge >= 0.3 is 0 Å². The Balaban J connectivity index is 2.11. The molecule has 0 aliphatic heterocycles. The Morgan fingerprint density at radius 3 is 2.90 bits per heavy atom. The number of benzene rings is 1. The van der Waals surface area contributed by atoms with Crippen LogP contribution >= 0.6 is 39.3 Å². The van der Waals surface area contributed by atoms with E-state index in [1.165, 1.54) is 11.8 Å². The summed E-state index contributed by atoms with van der Waals surface area (Å²) in [5.74, 6) is 0.408. The van der Waals surface area contributed by atoms with E-state index >= 15 is 0 Å². The third-order valence-electron chi connectivity index (χ3n) is 2.67. The SMILES string of the molecule is CC(C)n1ncc(Br)c1C(=O)CSc1cccc(Cl)c1. The molecular weight excluding hydrogens is 360 g/mol. The highest BCUT2D eigenvalue weighted by Gasteiger charge is 2.18. The van der Waals surface area contributed by atoms with Crippen LogP contribution in [0.2, 0.25) is 5.02 Å². The number of Topliss-reactive ketones (excluding diaryl/α,β-unsaturated/α-hetero) is 1. The lowest BCUT2D eigenvalue weighted by molar-refractivity contribution is 0.101. The summed E-state index contributed by atoms with van der Waals surface area (Å²) >= 11 is 10.8. The summed E-state index contributed by atoms with van der Waals surface area (Å²) in [7, 11) is 0. The largest absolute Gasteiger partial charge is 0.291 e. The molecule has 1 heterocycles. The van der Waals surface area contributed by atoms with E-state index < -0.39 is 0 Å². The van der Waals surface area contributed by atoms with Crippen molar-refractivity contribution in [2.75, 3.05) is 5.75 Å². The molecule has 1 aromatic heterocycles. The van der Waals surface area contributed by atoms with Gasteiger partial charge in [-0.05, 0) is 48.0 Å². The van der Waals surface area contributed by atoms with Gasteiger partial charge in [0, 0.05) is 16.0 Å². The van der Waals surface area contributed by atoms with Gasteiger partial charge in [0.15, 0.2) is 5.78 Å². The van der Waals surface area contributed by atoms with E-state index in [1.54, 1.807) is 10.9 Å². The van der Waals surface area contributed by atoms with Crippen molar-refractivity contribution in [2.24, 2.45) is 0 Å². The Hall–Kier alpha value is -0.780. The fourth-order valence-electron chi connectivity index (χ4n) is 1.77. The molecule has 0 amide bonds. The monoisotopic (exact) mass is 372 g/mol. The summed E-state index contributed by atoms with van der Waals surface area (Å²) < 4.78 is 2.48. The quantitative estimate of drug-likeness (QED) is 0.555. The van der Waals surface area contributed by atoms with Crippen molar-refractivity contribution in [1.82, 2.24) is 9.78 Å². The van der Waals surface area contributed by atoms with Gasteiger partial charge in [0.25, 0.3) is 0 Å². The molecular formula is C14H14BrClN2OS. The lowest BCUT2D eigenvalue weighted by Crippen LogP contribution is -2.14. The molecule has 0 spiro atoms. The van der Waals surface area contributed by atoms with Crippen molar-refractivity contribution in [3.05, 3.63) is 45.7 Å². The van der Waals surface area contributed by atoms with Crippen molar-refractivity contribution < 1.29 is 4.79 Å². The smallest absolute Gasteiger partial charge is 0.192 e. The molecule has 3 nitrogen and oxygen atoms in total. The predicted octanol–water partition coefficient (Wildman–Crippen LogP) is 4.85. The molecule has 0 fully saturated rings. The number of halogens is 2. The number of hydrogen-bond acceptors (Lipinski definition) is 3. The molecule has 2 rings (SSSR count). The van der Waals surface area contributed by atoms with Gasteiger partial charge < -0.3 is 0 Å². The van der Waals surface area contributed by atoms with Crippen molar-refractivity contribution in [2.45, 2.75) is 24.8 Å². The van der Waals surface area contributed by atoms with Crippen LogP contribution in [-0.2, 0) is 0 Å². The van der Waals surface area contributed by atoms with Crippen molar-refractivity contribution in [3.63, 3.8) is 0 Å². The topological polar surface area (TPSA) is 34.9 Å². The fraction of sp³-hybridized carbons (Fsp3) is 0.286. The molecule has 20 heavy (non-hydrogen) atoms. The molecule has 0 saturated heterocycles. The molecule has 1 aromatic carbocycles. The van der Waals surface area contributed by atoms with Crippen LogP contribution in [0, 0.1) is 0 Å². The summed E-state index contributed by atoms with van der Waals surface area (Å²) in [5, 5.41) is 4.90. The maximum Gasteiger partial charge on any atom is 0.192 e. The zero-order valence-electron chi connectivity index (χ0n) is 11.1. The molecule has 0 aliphatic rings. The number of rotatable bonds is 5. The first kappa shape index (κ1) is 15.6. The Labute approximate surface area is 135 Å². The lowest BCUT2D eigenvalue weighted by Gasteiger charge is -2.10. The molecule has 0 N–H and O–H groups in total. The number of aromatic nitrogens is 2.